The van der Waals surface area contributed by atoms with Crippen LogP contribution in [0.3, 0.4) is 0 Å². The Morgan fingerprint density at radius 1 is 1.19 bits per heavy atom. The number of hydrogen-bond donors (Lipinski definition) is 1. The van der Waals surface area contributed by atoms with E-state index in [0.717, 1.165) is 31.9 Å². The largest absolute Gasteiger partial charge is 0.482 e. The quantitative estimate of drug-likeness (QED) is 0.884. The average molecular weight is 368 g/mol. The fraction of sp³-hybridized carbons (Fsp3) is 0.500. The first kappa shape index (κ1) is 20.4. The third-order valence-electron chi connectivity index (χ3n) is 2.79. The monoisotopic (exact) mass is 366 g/mol. The summed E-state index contributed by atoms with van der Waals surface area (Å²) in [5.74, 6) is 0.0648. The molecule has 0 atom stereocenters. The van der Waals surface area contributed by atoms with Gasteiger partial charge in [-0.25, -0.2) is 0 Å². The smallest absolute Gasteiger partial charge is 0.422 e. The minimum atomic E-state index is -4.37. The lowest BCUT2D eigenvalue weighted by Gasteiger charge is -2.29. The Labute approximate surface area is 138 Å². The van der Waals surface area contributed by atoms with Gasteiger partial charge in [-0.2, -0.15) is 13.2 Å². The van der Waals surface area contributed by atoms with Gasteiger partial charge in [0.15, 0.2) is 6.61 Å². The summed E-state index contributed by atoms with van der Waals surface area (Å²) in [6, 6.07) is 4.90. The van der Waals surface area contributed by atoms with Crippen LogP contribution < -0.4 is 15.0 Å². The zero-order valence-corrected chi connectivity index (χ0v) is 13.3. The molecule has 1 saturated heterocycles. The molecule has 122 valence electrons. The van der Waals surface area contributed by atoms with Crippen molar-refractivity contribution in [1.29, 1.82) is 0 Å². The summed E-state index contributed by atoms with van der Waals surface area (Å²) in [6.45, 7) is 1.97. The number of rotatable bonds is 3. The number of halogens is 6. The summed E-state index contributed by atoms with van der Waals surface area (Å²) in [5.41, 5.74) is 0.822. The zero-order valence-electron chi connectivity index (χ0n) is 11.0. The first-order valence-corrected chi connectivity index (χ1v) is 6.28. The summed E-state index contributed by atoms with van der Waals surface area (Å²) < 4.78 is 41.2. The Morgan fingerprint density at radius 2 is 1.81 bits per heavy atom. The van der Waals surface area contributed by atoms with Gasteiger partial charge in [0.25, 0.3) is 0 Å². The van der Waals surface area contributed by atoms with Gasteiger partial charge in [-0.3, -0.25) is 0 Å². The van der Waals surface area contributed by atoms with Crippen LogP contribution in [0.1, 0.15) is 0 Å². The lowest BCUT2D eigenvalue weighted by molar-refractivity contribution is -0.153. The summed E-state index contributed by atoms with van der Waals surface area (Å²) >= 11 is 5.84. The number of anilines is 1. The molecule has 1 N–H and O–H groups in total. The molecule has 0 radical (unpaired) electrons. The van der Waals surface area contributed by atoms with Gasteiger partial charge >= 0.3 is 6.18 Å². The van der Waals surface area contributed by atoms with Crippen molar-refractivity contribution in [3.05, 3.63) is 23.2 Å². The van der Waals surface area contributed by atoms with E-state index in [1.165, 1.54) is 0 Å². The van der Waals surface area contributed by atoms with Gasteiger partial charge in [0, 0.05) is 37.9 Å². The minimum absolute atomic E-state index is 0. The maximum absolute atomic E-state index is 12.1. The van der Waals surface area contributed by atoms with E-state index in [1.54, 1.807) is 18.2 Å². The highest BCUT2D eigenvalue weighted by atomic mass is 35.5. The van der Waals surface area contributed by atoms with Crippen LogP contribution in [0.2, 0.25) is 5.02 Å². The van der Waals surface area contributed by atoms with E-state index in [9.17, 15) is 13.2 Å². The van der Waals surface area contributed by atoms with Crippen molar-refractivity contribution in [3.8, 4) is 5.75 Å². The Bertz CT molecular complexity index is 440. The molecule has 21 heavy (non-hydrogen) atoms. The van der Waals surface area contributed by atoms with E-state index in [4.69, 9.17) is 16.3 Å². The molecule has 1 aromatic rings. The Hall–Kier alpha value is -0.560. The highest BCUT2D eigenvalue weighted by molar-refractivity contribution is 6.32. The summed E-state index contributed by atoms with van der Waals surface area (Å²) in [5, 5.41) is 3.39. The van der Waals surface area contributed by atoms with E-state index < -0.39 is 12.8 Å². The molecule has 1 fully saturated rings. The van der Waals surface area contributed by atoms with Gasteiger partial charge in [0.1, 0.15) is 5.75 Å². The predicted octanol–water partition coefficient (Wildman–Crippen LogP) is 3.53. The van der Waals surface area contributed by atoms with Crippen molar-refractivity contribution in [2.75, 3.05) is 37.7 Å². The number of ether oxygens (including phenoxy) is 1. The van der Waals surface area contributed by atoms with Crippen molar-refractivity contribution in [2.24, 2.45) is 0 Å². The van der Waals surface area contributed by atoms with E-state index >= 15 is 0 Å². The Balaban J connectivity index is 0.00000200. The molecule has 1 aliphatic heterocycles. The molecule has 0 saturated carbocycles. The first-order valence-electron chi connectivity index (χ1n) is 5.90. The maximum atomic E-state index is 12.1. The topological polar surface area (TPSA) is 24.5 Å². The van der Waals surface area contributed by atoms with Crippen LogP contribution in [0.5, 0.6) is 5.75 Å². The number of nitrogens with one attached hydrogen (secondary N) is 1. The maximum Gasteiger partial charge on any atom is 0.422 e. The van der Waals surface area contributed by atoms with Crippen molar-refractivity contribution in [3.63, 3.8) is 0 Å². The van der Waals surface area contributed by atoms with E-state index in [2.05, 4.69) is 10.2 Å². The lowest BCUT2D eigenvalue weighted by atomic mass is 10.2. The molecule has 1 heterocycles. The summed E-state index contributed by atoms with van der Waals surface area (Å²) in [4.78, 5) is 2.08. The fourth-order valence-electron chi connectivity index (χ4n) is 1.88. The number of hydrogen-bond acceptors (Lipinski definition) is 3. The normalized spacial score (nSPS) is 15.0. The number of benzene rings is 1. The van der Waals surface area contributed by atoms with Gasteiger partial charge < -0.3 is 15.0 Å². The molecule has 0 aliphatic carbocycles. The van der Waals surface area contributed by atoms with Crippen molar-refractivity contribution in [2.45, 2.75) is 6.18 Å². The Kier molecular flexibility index (Phi) is 8.54. The van der Waals surface area contributed by atoms with Crippen LogP contribution in [0.25, 0.3) is 0 Å². The molecule has 1 aliphatic rings. The van der Waals surface area contributed by atoms with Crippen LogP contribution in [-0.2, 0) is 0 Å². The van der Waals surface area contributed by atoms with Crippen LogP contribution in [0.15, 0.2) is 18.2 Å². The van der Waals surface area contributed by atoms with E-state index in [0.29, 0.717) is 0 Å². The van der Waals surface area contributed by atoms with Crippen molar-refractivity contribution in [1.82, 2.24) is 5.32 Å². The van der Waals surface area contributed by atoms with Gasteiger partial charge in [0.05, 0.1) is 5.02 Å². The third kappa shape index (κ3) is 6.38. The zero-order chi connectivity index (χ0) is 13.9. The highest BCUT2D eigenvalue weighted by Gasteiger charge is 2.29. The standard InChI is InChI=1S/C12H14ClF3N2O.2ClH/c13-10-2-1-9(18-5-3-17-4-6-18)7-11(10)19-8-12(14,15)16;;/h1-2,7,17H,3-6,8H2;2*1H. The van der Waals surface area contributed by atoms with E-state index in [1.807, 2.05) is 0 Å². The minimum Gasteiger partial charge on any atom is -0.482 e. The second-order valence-corrected chi connectivity index (χ2v) is 4.66. The third-order valence-corrected chi connectivity index (χ3v) is 3.10. The highest BCUT2D eigenvalue weighted by Crippen LogP contribution is 2.31. The second-order valence-electron chi connectivity index (χ2n) is 4.26. The molecule has 2 rings (SSSR count). The molecular formula is C12H16Cl3F3N2O. The fourth-order valence-corrected chi connectivity index (χ4v) is 2.05. The molecule has 3 nitrogen and oxygen atoms in total. The van der Waals surface area contributed by atoms with Crippen LogP contribution in [0.4, 0.5) is 18.9 Å². The van der Waals surface area contributed by atoms with Crippen molar-refractivity contribution >= 4 is 42.1 Å². The van der Waals surface area contributed by atoms with Crippen molar-refractivity contribution < 1.29 is 17.9 Å². The SMILES string of the molecule is Cl.Cl.FC(F)(F)COc1cc(N2CCNCC2)ccc1Cl. The predicted molar refractivity (Wildman–Crippen MR) is 82.6 cm³/mol. The van der Waals surface area contributed by atoms with Gasteiger partial charge in [-0.05, 0) is 12.1 Å². The number of piperazine rings is 1. The van der Waals surface area contributed by atoms with Gasteiger partial charge in [0.2, 0.25) is 0 Å². The molecule has 9 heteroatoms. The summed E-state index contributed by atoms with van der Waals surface area (Å²) in [6.07, 6.45) is -4.37. The molecule has 0 unspecified atom stereocenters. The average Bonchev–Trinajstić information content (AvgIpc) is 2.38. The van der Waals surface area contributed by atoms with E-state index in [-0.39, 0.29) is 35.6 Å². The molecule has 0 aromatic heterocycles. The molecule has 0 spiro atoms. The van der Waals surface area contributed by atoms with Crippen LogP contribution in [0, 0.1) is 0 Å². The molecule has 0 bridgehead atoms. The molecule has 0 amide bonds. The molecule has 1 aromatic carbocycles. The first-order chi connectivity index (χ1) is 8.96. The van der Waals surface area contributed by atoms with Gasteiger partial charge in [-0.15, -0.1) is 24.8 Å². The number of nitrogens with zero attached hydrogens (tertiary/aromatic N) is 1. The molecular weight excluding hydrogens is 351 g/mol. The van der Waals surface area contributed by atoms with Gasteiger partial charge in [-0.1, -0.05) is 11.6 Å². The second kappa shape index (κ2) is 8.78. The van der Waals surface area contributed by atoms with Crippen LogP contribution in [-0.4, -0.2) is 39.0 Å². The van der Waals surface area contributed by atoms with Crippen LogP contribution >= 0.6 is 36.4 Å². The summed E-state index contributed by atoms with van der Waals surface area (Å²) in [7, 11) is 0. The Morgan fingerprint density at radius 3 is 2.38 bits per heavy atom. The lowest BCUT2D eigenvalue weighted by Crippen LogP contribution is -2.43. The number of alkyl halides is 3.